The van der Waals surface area contributed by atoms with Gasteiger partial charge in [-0.2, -0.15) is 5.26 Å². The molecule has 6 heteroatoms. The number of sulfone groups is 1. The molecule has 1 aliphatic heterocycles. The molecule has 106 valence electrons. The van der Waals surface area contributed by atoms with Gasteiger partial charge in [-0.05, 0) is 30.9 Å². The molecule has 1 N–H and O–H groups in total. The topological polar surface area (TPSA) is 87.0 Å². The summed E-state index contributed by atoms with van der Waals surface area (Å²) in [6.45, 7) is 0. The van der Waals surface area contributed by atoms with E-state index in [1.54, 1.807) is 24.3 Å². The van der Waals surface area contributed by atoms with Gasteiger partial charge in [-0.1, -0.05) is 12.1 Å². The second kappa shape index (κ2) is 6.06. The second-order valence-corrected chi connectivity index (χ2v) is 7.26. The third-order valence-corrected chi connectivity index (χ3v) is 5.24. The van der Waals surface area contributed by atoms with Gasteiger partial charge in [0.15, 0.2) is 9.84 Å². The Kier molecular flexibility index (Phi) is 4.40. The molecular formula is C14H16N2O3S. The molecule has 1 unspecified atom stereocenters. The minimum Gasteiger partial charge on any atom is -0.325 e. The molecule has 0 spiro atoms. The Hall–Kier alpha value is -1.87. The van der Waals surface area contributed by atoms with Crippen molar-refractivity contribution in [2.24, 2.45) is 5.92 Å². The van der Waals surface area contributed by atoms with Crippen LogP contribution in [-0.2, 0) is 14.6 Å². The summed E-state index contributed by atoms with van der Waals surface area (Å²) in [6.07, 6.45) is 1.56. The van der Waals surface area contributed by atoms with Gasteiger partial charge in [0.05, 0.1) is 22.8 Å². The van der Waals surface area contributed by atoms with E-state index in [9.17, 15) is 13.2 Å². The molecule has 0 radical (unpaired) electrons. The summed E-state index contributed by atoms with van der Waals surface area (Å²) in [7, 11) is -3.00. The first-order valence-electron chi connectivity index (χ1n) is 6.49. The van der Waals surface area contributed by atoms with Crippen LogP contribution in [0.15, 0.2) is 24.3 Å². The Labute approximate surface area is 118 Å². The van der Waals surface area contributed by atoms with Gasteiger partial charge in [-0.3, -0.25) is 4.79 Å². The van der Waals surface area contributed by atoms with Crippen molar-refractivity contribution in [3.63, 3.8) is 0 Å². The summed E-state index contributed by atoms with van der Waals surface area (Å²) < 4.78 is 23.1. The van der Waals surface area contributed by atoms with E-state index >= 15 is 0 Å². The van der Waals surface area contributed by atoms with Crippen molar-refractivity contribution >= 4 is 21.4 Å². The van der Waals surface area contributed by atoms with Crippen LogP contribution in [0.5, 0.6) is 0 Å². The van der Waals surface area contributed by atoms with E-state index in [1.165, 1.54) is 0 Å². The fraction of sp³-hybridized carbons (Fsp3) is 0.429. The number of hydrogen-bond acceptors (Lipinski definition) is 4. The quantitative estimate of drug-likeness (QED) is 0.918. The number of carbonyl (C=O) groups excluding carboxylic acids is 1. The lowest BCUT2D eigenvalue weighted by Crippen LogP contribution is -2.28. The van der Waals surface area contributed by atoms with Gasteiger partial charge in [-0.15, -0.1) is 0 Å². The smallest absolute Gasteiger partial charge is 0.224 e. The molecule has 1 amide bonds. The predicted molar refractivity (Wildman–Crippen MR) is 75.8 cm³/mol. The van der Waals surface area contributed by atoms with Crippen molar-refractivity contribution in [3.05, 3.63) is 29.8 Å². The van der Waals surface area contributed by atoms with Crippen molar-refractivity contribution in [2.45, 2.75) is 19.3 Å². The summed E-state index contributed by atoms with van der Waals surface area (Å²) in [6, 6.07) is 8.76. The van der Waals surface area contributed by atoms with Gasteiger partial charge in [0.1, 0.15) is 6.07 Å². The molecule has 0 saturated carbocycles. The molecule has 1 aromatic rings. The highest BCUT2D eigenvalue weighted by atomic mass is 32.2. The molecule has 20 heavy (non-hydrogen) atoms. The molecular weight excluding hydrogens is 276 g/mol. The first kappa shape index (κ1) is 14.5. The van der Waals surface area contributed by atoms with Crippen LogP contribution in [0.25, 0.3) is 0 Å². The van der Waals surface area contributed by atoms with E-state index in [0.717, 1.165) is 6.42 Å². The van der Waals surface area contributed by atoms with Crippen molar-refractivity contribution < 1.29 is 13.2 Å². The lowest BCUT2D eigenvalue weighted by Gasteiger charge is -2.21. The molecule has 1 atom stereocenters. The number of carbonyl (C=O) groups is 1. The summed E-state index contributed by atoms with van der Waals surface area (Å²) in [5.41, 5.74) is 0.871. The second-order valence-electron chi connectivity index (χ2n) is 5.03. The summed E-state index contributed by atoms with van der Waals surface area (Å²) in [5.74, 6) is -0.0549. The van der Waals surface area contributed by atoms with Gasteiger partial charge in [-0.25, -0.2) is 8.42 Å². The number of nitriles is 1. The van der Waals surface area contributed by atoms with Crippen LogP contribution in [-0.4, -0.2) is 25.8 Å². The van der Waals surface area contributed by atoms with Crippen molar-refractivity contribution in [2.75, 3.05) is 16.8 Å². The summed E-state index contributed by atoms with van der Waals surface area (Å²) in [4.78, 5) is 11.9. The number of nitrogens with zero attached hydrogens (tertiary/aromatic N) is 1. The Morgan fingerprint density at radius 1 is 1.40 bits per heavy atom. The number of nitrogens with one attached hydrogen (secondary N) is 1. The van der Waals surface area contributed by atoms with Crippen molar-refractivity contribution in [1.82, 2.24) is 0 Å². The van der Waals surface area contributed by atoms with Gasteiger partial charge < -0.3 is 5.32 Å². The zero-order valence-electron chi connectivity index (χ0n) is 11.0. The van der Waals surface area contributed by atoms with E-state index in [-0.39, 0.29) is 29.8 Å². The molecule has 1 aromatic carbocycles. The Balaban J connectivity index is 1.98. The van der Waals surface area contributed by atoms with Crippen molar-refractivity contribution in [3.8, 4) is 6.07 Å². The van der Waals surface area contributed by atoms with Gasteiger partial charge in [0, 0.05) is 6.42 Å². The predicted octanol–water partition coefficient (Wildman–Crippen LogP) is 1.71. The highest BCUT2D eigenvalue weighted by molar-refractivity contribution is 7.91. The Morgan fingerprint density at radius 2 is 2.15 bits per heavy atom. The Bertz CT molecular complexity index is 647. The zero-order chi connectivity index (χ0) is 14.6. The molecule has 2 rings (SSSR count). The molecule has 1 saturated heterocycles. The first-order chi connectivity index (χ1) is 9.50. The first-order valence-corrected chi connectivity index (χ1v) is 8.32. The van der Waals surface area contributed by atoms with Crippen LogP contribution in [0.1, 0.15) is 24.8 Å². The number of hydrogen-bond donors (Lipinski definition) is 1. The fourth-order valence-corrected chi connectivity index (χ4v) is 4.21. The highest BCUT2D eigenvalue weighted by Crippen LogP contribution is 2.22. The molecule has 0 aliphatic carbocycles. The number of benzene rings is 1. The minimum absolute atomic E-state index is 0.0836. The monoisotopic (exact) mass is 292 g/mol. The maximum atomic E-state index is 11.9. The molecule has 1 heterocycles. The number of para-hydroxylation sites is 1. The van der Waals surface area contributed by atoms with E-state index in [4.69, 9.17) is 5.26 Å². The van der Waals surface area contributed by atoms with Crippen LogP contribution in [0.3, 0.4) is 0 Å². The highest BCUT2D eigenvalue weighted by Gasteiger charge is 2.26. The number of amides is 1. The lowest BCUT2D eigenvalue weighted by atomic mass is 10.0. The largest absolute Gasteiger partial charge is 0.325 e. The SMILES string of the molecule is N#Cc1ccccc1NC(=O)CC1CCCS(=O)(=O)C1. The summed E-state index contributed by atoms with van der Waals surface area (Å²) >= 11 is 0. The van der Waals surface area contributed by atoms with Crippen LogP contribution < -0.4 is 5.32 Å². The molecule has 0 bridgehead atoms. The third-order valence-electron chi connectivity index (χ3n) is 3.35. The third kappa shape index (κ3) is 3.81. The van der Waals surface area contributed by atoms with E-state index in [1.807, 2.05) is 6.07 Å². The molecule has 1 fully saturated rings. The summed E-state index contributed by atoms with van der Waals surface area (Å²) in [5, 5.41) is 11.6. The van der Waals surface area contributed by atoms with Crippen LogP contribution in [0.2, 0.25) is 0 Å². The van der Waals surface area contributed by atoms with Crippen LogP contribution >= 0.6 is 0 Å². The zero-order valence-corrected chi connectivity index (χ0v) is 11.8. The van der Waals surface area contributed by atoms with Gasteiger partial charge in [0.25, 0.3) is 0 Å². The standard InChI is InChI=1S/C14H16N2O3S/c15-9-12-5-1-2-6-13(12)16-14(17)8-11-4-3-7-20(18,19)10-11/h1-2,5-6,11H,3-4,7-8,10H2,(H,16,17). The van der Waals surface area contributed by atoms with Gasteiger partial charge in [0.2, 0.25) is 5.91 Å². The molecule has 5 nitrogen and oxygen atoms in total. The average Bonchev–Trinajstić information content (AvgIpc) is 2.38. The van der Waals surface area contributed by atoms with Crippen LogP contribution in [0.4, 0.5) is 5.69 Å². The van der Waals surface area contributed by atoms with Crippen LogP contribution in [0, 0.1) is 17.2 Å². The van der Waals surface area contributed by atoms with Crippen molar-refractivity contribution in [1.29, 1.82) is 5.26 Å². The minimum atomic E-state index is -3.00. The van der Waals surface area contributed by atoms with E-state index in [0.29, 0.717) is 17.7 Å². The number of anilines is 1. The Morgan fingerprint density at radius 3 is 2.85 bits per heavy atom. The lowest BCUT2D eigenvalue weighted by molar-refractivity contribution is -0.117. The van der Waals surface area contributed by atoms with E-state index in [2.05, 4.69) is 5.32 Å². The van der Waals surface area contributed by atoms with E-state index < -0.39 is 9.84 Å². The maximum absolute atomic E-state index is 11.9. The average molecular weight is 292 g/mol. The number of rotatable bonds is 3. The van der Waals surface area contributed by atoms with Gasteiger partial charge >= 0.3 is 0 Å². The maximum Gasteiger partial charge on any atom is 0.224 e. The molecule has 0 aromatic heterocycles. The normalized spacial score (nSPS) is 20.9. The fourth-order valence-electron chi connectivity index (χ4n) is 2.43. The molecule has 1 aliphatic rings.